The molecule has 0 unspecified atom stereocenters. The fourth-order valence-electron chi connectivity index (χ4n) is 2.07. The fourth-order valence-corrected chi connectivity index (χ4v) is 2.07. The normalized spacial score (nSPS) is 10.2. The first-order chi connectivity index (χ1) is 11.6. The van der Waals surface area contributed by atoms with E-state index in [-0.39, 0.29) is 11.8 Å². The molecule has 128 valence electrons. The zero-order valence-corrected chi connectivity index (χ0v) is 13.9. The van der Waals surface area contributed by atoms with Crippen molar-refractivity contribution in [1.82, 2.24) is 4.90 Å². The Morgan fingerprint density at radius 2 is 1.83 bits per heavy atom. The summed E-state index contributed by atoms with van der Waals surface area (Å²) >= 11 is 0. The molecule has 2 rings (SSSR count). The van der Waals surface area contributed by atoms with Crippen LogP contribution >= 0.6 is 0 Å². The topological polar surface area (TPSA) is 71.0 Å². The van der Waals surface area contributed by atoms with Crippen molar-refractivity contribution < 1.29 is 19.4 Å². The number of phenols is 1. The summed E-state index contributed by atoms with van der Waals surface area (Å²) in [6.45, 7) is 1.32. The Kier molecular flexibility index (Phi) is 6.45. The quantitative estimate of drug-likeness (QED) is 0.765. The van der Waals surface area contributed by atoms with Crippen molar-refractivity contribution >= 4 is 11.7 Å². The Labute approximate surface area is 141 Å². The Morgan fingerprint density at radius 1 is 1.12 bits per heavy atom. The second-order valence-corrected chi connectivity index (χ2v) is 5.28. The van der Waals surface area contributed by atoms with Gasteiger partial charge in [-0.3, -0.25) is 0 Å². The monoisotopic (exact) mass is 330 g/mol. The van der Waals surface area contributed by atoms with Gasteiger partial charge in [0.15, 0.2) is 0 Å². The molecule has 2 aromatic rings. The summed E-state index contributed by atoms with van der Waals surface area (Å²) in [6.07, 6.45) is 0. The van der Waals surface area contributed by atoms with E-state index in [0.717, 1.165) is 0 Å². The molecule has 0 aliphatic heterocycles. The van der Waals surface area contributed by atoms with Gasteiger partial charge in [0.1, 0.15) is 18.1 Å². The van der Waals surface area contributed by atoms with Gasteiger partial charge in [0, 0.05) is 25.4 Å². The number of benzene rings is 2. The van der Waals surface area contributed by atoms with E-state index < -0.39 is 0 Å². The van der Waals surface area contributed by atoms with Gasteiger partial charge in [0.25, 0.3) is 0 Å². The van der Waals surface area contributed by atoms with E-state index in [1.807, 2.05) is 6.07 Å². The summed E-state index contributed by atoms with van der Waals surface area (Å²) in [5.41, 5.74) is 1.36. The van der Waals surface area contributed by atoms with Gasteiger partial charge < -0.3 is 24.8 Å². The number of hydrogen-bond acceptors (Lipinski definition) is 4. The number of urea groups is 1. The van der Waals surface area contributed by atoms with Crippen molar-refractivity contribution in [3.63, 3.8) is 0 Å². The summed E-state index contributed by atoms with van der Waals surface area (Å²) in [5.74, 6) is 0.891. The Hall–Kier alpha value is -2.73. The highest BCUT2D eigenvalue weighted by atomic mass is 16.5. The Bertz CT molecular complexity index is 658. The van der Waals surface area contributed by atoms with E-state index in [9.17, 15) is 9.90 Å². The number of nitrogens with one attached hydrogen (secondary N) is 1. The molecule has 2 N–H and O–H groups in total. The molecule has 0 aromatic heterocycles. The number of amides is 2. The number of aromatic hydroxyl groups is 1. The molecular formula is C18H22N2O4. The molecule has 0 aliphatic rings. The smallest absolute Gasteiger partial charge is 0.321 e. The SMILES string of the molecule is COCCOc1ccc(NC(=O)N(C)Cc2ccccc2O)cc1. The number of nitrogens with zero attached hydrogens (tertiary/aromatic N) is 1. The van der Waals surface area contributed by atoms with Crippen LogP contribution in [0.5, 0.6) is 11.5 Å². The van der Waals surface area contributed by atoms with Gasteiger partial charge in [-0.1, -0.05) is 18.2 Å². The maximum absolute atomic E-state index is 12.2. The molecule has 0 saturated carbocycles. The van der Waals surface area contributed by atoms with E-state index in [1.54, 1.807) is 56.6 Å². The fraction of sp³-hybridized carbons (Fsp3) is 0.278. The van der Waals surface area contributed by atoms with Gasteiger partial charge in [0.05, 0.1) is 13.2 Å². The minimum absolute atomic E-state index is 0.176. The molecule has 24 heavy (non-hydrogen) atoms. The molecule has 6 nitrogen and oxygen atoms in total. The number of hydrogen-bond donors (Lipinski definition) is 2. The maximum Gasteiger partial charge on any atom is 0.321 e. The molecular weight excluding hydrogens is 308 g/mol. The Morgan fingerprint density at radius 3 is 2.50 bits per heavy atom. The molecule has 0 aliphatic carbocycles. The number of methoxy groups -OCH3 is 1. The van der Waals surface area contributed by atoms with Crippen LogP contribution in [-0.2, 0) is 11.3 Å². The zero-order chi connectivity index (χ0) is 17.4. The summed E-state index contributed by atoms with van der Waals surface area (Å²) in [7, 11) is 3.29. The molecule has 6 heteroatoms. The van der Waals surface area contributed by atoms with Crippen LogP contribution in [0.15, 0.2) is 48.5 Å². The highest BCUT2D eigenvalue weighted by Crippen LogP contribution is 2.19. The molecule has 0 heterocycles. The lowest BCUT2D eigenvalue weighted by Crippen LogP contribution is -2.30. The summed E-state index contributed by atoms with van der Waals surface area (Å²) in [6, 6.07) is 13.8. The molecule has 0 fully saturated rings. The molecule has 0 bridgehead atoms. The number of anilines is 1. The van der Waals surface area contributed by atoms with Gasteiger partial charge in [-0.2, -0.15) is 0 Å². The molecule has 0 saturated heterocycles. The average molecular weight is 330 g/mol. The highest BCUT2D eigenvalue weighted by Gasteiger charge is 2.11. The second-order valence-electron chi connectivity index (χ2n) is 5.28. The minimum Gasteiger partial charge on any atom is -0.508 e. The highest BCUT2D eigenvalue weighted by molar-refractivity contribution is 5.89. The van der Waals surface area contributed by atoms with Crippen molar-refractivity contribution in [3.05, 3.63) is 54.1 Å². The van der Waals surface area contributed by atoms with Gasteiger partial charge in [-0.05, 0) is 30.3 Å². The standard InChI is InChI=1S/C18H22N2O4/c1-20(13-14-5-3-4-6-17(14)21)18(22)19-15-7-9-16(10-8-15)24-12-11-23-2/h3-10,21H,11-13H2,1-2H3,(H,19,22). The van der Waals surface area contributed by atoms with E-state index >= 15 is 0 Å². The van der Waals surface area contributed by atoms with Crippen LogP contribution in [0.2, 0.25) is 0 Å². The van der Waals surface area contributed by atoms with Crippen LogP contribution in [0.4, 0.5) is 10.5 Å². The number of rotatable bonds is 7. The third-order valence-corrected chi connectivity index (χ3v) is 3.41. The van der Waals surface area contributed by atoms with Gasteiger partial charge in [-0.25, -0.2) is 4.79 Å². The van der Waals surface area contributed by atoms with Crippen molar-refractivity contribution in [2.24, 2.45) is 0 Å². The van der Waals surface area contributed by atoms with Gasteiger partial charge in [-0.15, -0.1) is 0 Å². The lowest BCUT2D eigenvalue weighted by atomic mass is 10.2. The van der Waals surface area contributed by atoms with Crippen molar-refractivity contribution in [2.45, 2.75) is 6.54 Å². The predicted octanol–water partition coefficient (Wildman–Crippen LogP) is 3.08. The molecule has 2 aromatic carbocycles. The number of carbonyl (C=O) groups is 1. The van der Waals surface area contributed by atoms with Crippen LogP contribution in [0.1, 0.15) is 5.56 Å². The van der Waals surface area contributed by atoms with E-state index in [0.29, 0.717) is 36.8 Å². The van der Waals surface area contributed by atoms with Crippen LogP contribution in [0.3, 0.4) is 0 Å². The lowest BCUT2D eigenvalue weighted by molar-refractivity contribution is 0.146. The summed E-state index contributed by atoms with van der Waals surface area (Å²) in [5, 5.41) is 12.6. The number of carbonyl (C=O) groups excluding carboxylic acids is 1. The van der Waals surface area contributed by atoms with E-state index in [2.05, 4.69) is 5.32 Å². The first-order valence-corrected chi connectivity index (χ1v) is 7.61. The molecule has 0 radical (unpaired) electrons. The number of phenolic OH excluding ortho intramolecular Hbond substituents is 1. The van der Waals surface area contributed by atoms with E-state index in [4.69, 9.17) is 9.47 Å². The first kappa shape index (κ1) is 17.6. The number of ether oxygens (including phenoxy) is 2. The Balaban J connectivity index is 1.88. The van der Waals surface area contributed by atoms with Crippen molar-refractivity contribution in [3.8, 4) is 11.5 Å². The van der Waals surface area contributed by atoms with E-state index in [1.165, 1.54) is 4.90 Å². The molecule has 2 amide bonds. The van der Waals surface area contributed by atoms with Gasteiger partial charge in [0.2, 0.25) is 0 Å². The van der Waals surface area contributed by atoms with Gasteiger partial charge >= 0.3 is 6.03 Å². The minimum atomic E-state index is -0.258. The zero-order valence-electron chi connectivity index (χ0n) is 13.9. The second kappa shape index (κ2) is 8.79. The molecule has 0 atom stereocenters. The molecule has 0 spiro atoms. The predicted molar refractivity (Wildman–Crippen MR) is 92.4 cm³/mol. The van der Waals surface area contributed by atoms with Crippen LogP contribution in [0.25, 0.3) is 0 Å². The first-order valence-electron chi connectivity index (χ1n) is 7.61. The summed E-state index contributed by atoms with van der Waals surface area (Å²) < 4.78 is 10.4. The average Bonchev–Trinajstić information content (AvgIpc) is 2.58. The number of para-hydroxylation sites is 1. The summed E-state index contributed by atoms with van der Waals surface area (Å²) in [4.78, 5) is 13.7. The third-order valence-electron chi connectivity index (χ3n) is 3.41. The lowest BCUT2D eigenvalue weighted by Gasteiger charge is -2.18. The van der Waals surface area contributed by atoms with Crippen LogP contribution in [-0.4, -0.2) is 43.4 Å². The largest absolute Gasteiger partial charge is 0.508 e. The maximum atomic E-state index is 12.2. The van der Waals surface area contributed by atoms with Crippen LogP contribution < -0.4 is 10.1 Å². The van der Waals surface area contributed by atoms with Crippen molar-refractivity contribution in [1.29, 1.82) is 0 Å². The van der Waals surface area contributed by atoms with Crippen LogP contribution in [0, 0.1) is 0 Å². The van der Waals surface area contributed by atoms with Crippen molar-refractivity contribution in [2.75, 3.05) is 32.7 Å². The third kappa shape index (κ3) is 5.17.